The number of nitro groups is 1. The van der Waals surface area contributed by atoms with Crippen LogP contribution in [0.3, 0.4) is 0 Å². The number of hydrogen-bond acceptors (Lipinski definition) is 3. The third-order valence-corrected chi connectivity index (χ3v) is 3.99. The van der Waals surface area contributed by atoms with E-state index in [9.17, 15) is 10.1 Å². The molecule has 2 unspecified atom stereocenters. The first-order chi connectivity index (χ1) is 9.02. The predicted octanol–water partition coefficient (Wildman–Crippen LogP) is 4.26. The fourth-order valence-corrected chi connectivity index (χ4v) is 2.16. The van der Waals surface area contributed by atoms with Gasteiger partial charge in [0.1, 0.15) is 0 Å². The molecule has 0 saturated carbocycles. The zero-order chi connectivity index (χ0) is 14.0. The van der Waals surface area contributed by atoms with Crippen molar-refractivity contribution in [3.63, 3.8) is 0 Å². The van der Waals surface area contributed by atoms with Gasteiger partial charge in [-0.2, -0.15) is 0 Å². The third-order valence-electron chi connectivity index (χ3n) is 3.30. The van der Waals surface area contributed by atoms with Gasteiger partial charge < -0.3 is 0 Å². The number of nitro benzene ring substituents is 1. The topological polar surface area (TPSA) is 56.0 Å². The fourth-order valence-electron chi connectivity index (χ4n) is 2.03. The van der Waals surface area contributed by atoms with E-state index in [4.69, 9.17) is 11.6 Å². The molecule has 19 heavy (non-hydrogen) atoms. The summed E-state index contributed by atoms with van der Waals surface area (Å²) < 4.78 is 0. The number of halogens is 1. The summed E-state index contributed by atoms with van der Waals surface area (Å²) in [5, 5.41) is 11.5. The van der Waals surface area contributed by atoms with Gasteiger partial charge in [-0.25, -0.2) is 0 Å². The lowest BCUT2D eigenvalue weighted by molar-refractivity contribution is -0.384. The Morgan fingerprint density at radius 2 is 2.11 bits per heavy atom. The molecule has 0 amide bonds. The summed E-state index contributed by atoms with van der Waals surface area (Å²) in [6, 6.07) is 8.44. The zero-order valence-electron chi connectivity index (χ0n) is 10.8. The van der Waals surface area contributed by atoms with Crippen molar-refractivity contribution in [2.24, 2.45) is 0 Å². The van der Waals surface area contributed by atoms with Gasteiger partial charge in [0.15, 0.2) is 0 Å². The molecule has 2 aromatic rings. The van der Waals surface area contributed by atoms with E-state index in [-0.39, 0.29) is 17.0 Å². The first-order valence-corrected chi connectivity index (χ1v) is 6.65. The van der Waals surface area contributed by atoms with E-state index >= 15 is 0 Å². The van der Waals surface area contributed by atoms with E-state index in [0.717, 1.165) is 23.0 Å². The first-order valence-electron chi connectivity index (χ1n) is 6.22. The molecule has 100 valence electrons. The molecule has 0 bridgehead atoms. The van der Waals surface area contributed by atoms with Crippen LogP contribution in [-0.2, 0) is 0 Å². The minimum atomic E-state index is -0.401. The lowest BCUT2D eigenvalue weighted by Gasteiger charge is -2.16. The molecule has 0 aliphatic carbocycles. The quantitative estimate of drug-likeness (QED) is 0.477. The van der Waals surface area contributed by atoms with Gasteiger partial charge >= 0.3 is 0 Å². The number of rotatable bonds is 4. The summed E-state index contributed by atoms with van der Waals surface area (Å²) in [6.45, 7) is 4.08. The normalized spacial score (nSPS) is 14.3. The van der Waals surface area contributed by atoms with Gasteiger partial charge in [-0.1, -0.05) is 19.9 Å². The maximum absolute atomic E-state index is 10.7. The average Bonchev–Trinajstić information content (AvgIpc) is 2.44. The summed E-state index contributed by atoms with van der Waals surface area (Å²) >= 11 is 6.24. The molecular weight excluding hydrogens is 264 g/mol. The lowest BCUT2D eigenvalue weighted by atomic mass is 10.00. The van der Waals surface area contributed by atoms with Crippen LogP contribution in [0.25, 0.3) is 10.9 Å². The van der Waals surface area contributed by atoms with Crippen LogP contribution >= 0.6 is 11.6 Å². The highest BCUT2D eigenvalue weighted by atomic mass is 35.5. The van der Waals surface area contributed by atoms with Crippen LogP contribution in [0.2, 0.25) is 0 Å². The summed E-state index contributed by atoms with van der Waals surface area (Å²) in [4.78, 5) is 14.9. The average molecular weight is 279 g/mol. The van der Waals surface area contributed by atoms with E-state index < -0.39 is 4.92 Å². The molecule has 0 N–H and O–H groups in total. The van der Waals surface area contributed by atoms with E-state index in [1.165, 1.54) is 12.1 Å². The van der Waals surface area contributed by atoms with Crippen molar-refractivity contribution < 1.29 is 4.92 Å². The molecule has 1 aromatic carbocycles. The van der Waals surface area contributed by atoms with Crippen molar-refractivity contribution in [3.8, 4) is 0 Å². The third kappa shape index (κ3) is 2.84. The van der Waals surface area contributed by atoms with Crippen LogP contribution in [0.4, 0.5) is 5.69 Å². The van der Waals surface area contributed by atoms with Gasteiger partial charge in [0.05, 0.1) is 10.4 Å². The molecule has 5 heteroatoms. The summed E-state index contributed by atoms with van der Waals surface area (Å²) in [7, 11) is 0. The number of hydrogen-bond donors (Lipinski definition) is 0. The van der Waals surface area contributed by atoms with E-state index in [0.29, 0.717) is 0 Å². The van der Waals surface area contributed by atoms with Gasteiger partial charge in [0.2, 0.25) is 0 Å². The van der Waals surface area contributed by atoms with Crippen LogP contribution in [0.1, 0.15) is 31.9 Å². The van der Waals surface area contributed by atoms with E-state index in [1.54, 1.807) is 6.07 Å². The van der Waals surface area contributed by atoms with Crippen LogP contribution in [0, 0.1) is 10.1 Å². The molecule has 0 fully saturated rings. The molecule has 1 aromatic heterocycles. The van der Waals surface area contributed by atoms with E-state index in [2.05, 4.69) is 4.98 Å². The van der Waals surface area contributed by atoms with Crippen molar-refractivity contribution in [2.75, 3.05) is 0 Å². The Hall–Kier alpha value is -1.68. The first kappa shape index (κ1) is 13.7. The Balaban J connectivity index is 2.42. The Morgan fingerprint density at radius 3 is 2.74 bits per heavy atom. The van der Waals surface area contributed by atoms with Crippen LogP contribution in [-0.4, -0.2) is 15.3 Å². The number of pyridine rings is 1. The second kappa shape index (κ2) is 5.53. The van der Waals surface area contributed by atoms with Crippen molar-refractivity contribution in [1.29, 1.82) is 0 Å². The molecule has 0 spiro atoms. The minimum Gasteiger partial charge on any atom is -0.258 e. The number of aromatic nitrogens is 1. The van der Waals surface area contributed by atoms with Crippen molar-refractivity contribution in [1.82, 2.24) is 4.98 Å². The molecule has 0 aliphatic heterocycles. The van der Waals surface area contributed by atoms with Crippen LogP contribution < -0.4 is 0 Å². The van der Waals surface area contributed by atoms with Gasteiger partial charge in [0, 0.05) is 34.5 Å². The second-order valence-electron chi connectivity index (χ2n) is 4.58. The molecule has 0 saturated heterocycles. The fraction of sp³-hybridized carbons (Fsp3) is 0.357. The van der Waals surface area contributed by atoms with Crippen LogP contribution in [0.5, 0.6) is 0 Å². The monoisotopic (exact) mass is 278 g/mol. The molecule has 1 heterocycles. The summed E-state index contributed by atoms with van der Waals surface area (Å²) in [5.74, 6) is 0.159. The number of nitrogens with zero attached hydrogens (tertiary/aromatic N) is 2. The number of fused-ring (bicyclic) bond motifs is 1. The molecule has 4 nitrogen and oxygen atoms in total. The molecular formula is C14H15ClN2O2. The van der Waals surface area contributed by atoms with Gasteiger partial charge in [0.25, 0.3) is 5.69 Å². The highest BCUT2D eigenvalue weighted by Crippen LogP contribution is 2.27. The Labute approximate surface area is 116 Å². The number of benzene rings is 1. The molecule has 2 atom stereocenters. The Morgan fingerprint density at radius 1 is 1.37 bits per heavy atom. The zero-order valence-corrected chi connectivity index (χ0v) is 11.6. The molecule has 0 aliphatic rings. The van der Waals surface area contributed by atoms with E-state index in [1.807, 2.05) is 26.0 Å². The predicted molar refractivity (Wildman–Crippen MR) is 76.7 cm³/mol. The molecule has 2 rings (SSSR count). The van der Waals surface area contributed by atoms with Crippen molar-refractivity contribution >= 4 is 28.2 Å². The van der Waals surface area contributed by atoms with Gasteiger partial charge in [-0.15, -0.1) is 11.6 Å². The largest absolute Gasteiger partial charge is 0.270 e. The number of non-ortho nitro benzene ring substituents is 1. The van der Waals surface area contributed by atoms with Gasteiger partial charge in [-0.3, -0.25) is 15.1 Å². The lowest BCUT2D eigenvalue weighted by Crippen LogP contribution is -2.09. The van der Waals surface area contributed by atoms with Gasteiger partial charge in [-0.05, 0) is 18.6 Å². The maximum atomic E-state index is 10.7. The molecule has 0 radical (unpaired) electrons. The summed E-state index contributed by atoms with van der Waals surface area (Å²) in [6.07, 6.45) is 0.878. The standard InChI is InChI=1S/C14H15ClN2O2/c1-3-12(15)9(2)13-6-4-10-8-11(17(18)19)5-7-14(10)16-13/h4-9,12H,3H2,1-2H3. The minimum absolute atomic E-state index is 0.0444. The highest BCUT2D eigenvalue weighted by molar-refractivity contribution is 6.21. The van der Waals surface area contributed by atoms with Crippen molar-refractivity contribution in [3.05, 3.63) is 46.1 Å². The van der Waals surface area contributed by atoms with Crippen molar-refractivity contribution in [2.45, 2.75) is 31.6 Å². The smallest absolute Gasteiger partial charge is 0.258 e. The number of alkyl halides is 1. The Kier molecular flexibility index (Phi) is 4.00. The highest BCUT2D eigenvalue weighted by Gasteiger charge is 2.16. The maximum Gasteiger partial charge on any atom is 0.270 e. The SMILES string of the molecule is CCC(Cl)C(C)c1ccc2cc([N+](=O)[O-])ccc2n1. The van der Waals surface area contributed by atoms with Crippen LogP contribution in [0.15, 0.2) is 30.3 Å². The summed E-state index contributed by atoms with van der Waals surface area (Å²) in [5.41, 5.74) is 1.76. The Bertz CT molecular complexity index is 615. The second-order valence-corrected chi connectivity index (χ2v) is 5.14.